The van der Waals surface area contributed by atoms with Crippen molar-refractivity contribution in [3.05, 3.63) is 43.8 Å². The fraction of sp³-hybridized carbons (Fsp3) is 0.182. The van der Waals surface area contributed by atoms with Crippen LogP contribution in [0.4, 0.5) is 5.69 Å². The molecule has 0 saturated carbocycles. The lowest BCUT2D eigenvalue weighted by molar-refractivity contribution is 1.08. The van der Waals surface area contributed by atoms with E-state index in [1.54, 1.807) is 11.3 Å². The van der Waals surface area contributed by atoms with Crippen LogP contribution < -0.4 is 5.32 Å². The van der Waals surface area contributed by atoms with Crippen LogP contribution in [0.5, 0.6) is 0 Å². The van der Waals surface area contributed by atoms with Gasteiger partial charge in [-0.05, 0) is 41.1 Å². The topological polar surface area (TPSA) is 24.9 Å². The number of halogens is 2. The molecule has 0 saturated heterocycles. The zero-order chi connectivity index (χ0) is 11.5. The van der Waals surface area contributed by atoms with Crippen LogP contribution in [0.1, 0.15) is 10.7 Å². The van der Waals surface area contributed by atoms with Gasteiger partial charge in [-0.3, -0.25) is 0 Å². The Morgan fingerprint density at radius 3 is 2.94 bits per heavy atom. The van der Waals surface area contributed by atoms with Crippen LogP contribution in [0.25, 0.3) is 0 Å². The predicted molar refractivity (Wildman–Crippen MR) is 73.3 cm³/mol. The average Bonchev–Trinajstić information content (AvgIpc) is 2.66. The number of thiazole rings is 1. The SMILES string of the molecule is Cc1csc(CNc2ccc(Br)c(Cl)c2)n1. The maximum absolute atomic E-state index is 6.00. The fourth-order valence-corrected chi connectivity index (χ4v) is 2.41. The Kier molecular flexibility index (Phi) is 3.84. The number of benzene rings is 1. The third-order valence-electron chi connectivity index (χ3n) is 2.03. The zero-order valence-corrected chi connectivity index (χ0v) is 11.8. The second-order valence-corrected chi connectivity index (χ2v) is 5.57. The molecule has 1 N–H and O–H groups in total. The van der Waals surface area contributed by atoms with Crippen LogP contribution in [0, 0.1) is 6.92 Å². The van der Waals surface area contributed by atoms with E-state index in [4.69, 9.17) is 11.6 Å². The molecule has 2 rings (SSSR count). The normalized spacial score (nSPS) is 10.4. The molecule has 1 aromatic carbocycles. The van der Waals surface area contributed by atoms with Crippen molar-refractivity contribution in [1.82, 2.24) is 4.98 Å². The van der Waals surface area contributed by atoms with Crippen molar-refractivity contribution in [2.45, 2.75) is 13.5 Å². The molecule has 0 amide bonds. The molecule has 0 unspecified atom stereocenters. The first kappa shape index (κ1) is 11.9. The summed E-state index contributed by atoms with van der Waals surface area (Å²) in [6.07, 6.45) is 0. The molecule has 2 nitrogen and oxygen atoms in total. The first-order valence-corrected chi connectivity index (χ1v) is 6.80. The summed E-state index contributed by atoms with van der Waals surface area (Å²) in [4.78, 5) is 4.38. The molecule has 0 atom stereocenters. The summed E-state index contributed by atoms with van der Waals surface area (Å²) in [7, 11) is 0. The highest BCUT2D eigenvalue weighted by Crippen LogP contribution is 2.25. The summed E-state index contributed by atoms with van der Waals surface area (Å²) in [6, 6.07) is 5.81. The highest BCUT2D eigenvalue weighted by atomic mass is 79.9. The Morgan fingerprint density at radius 2 is 2.31 bits per heavy atom. The predicted octanol–water partition coefficient (Wildman–Crippen LogP) is 4.48. The first-order valence-electron chi connectivity index (χ1n) is 4.75. The Balaban J connectivity index is 2.02. The molecule has 1 aromatic heterocycles. The molecular formula is C11H10BrClN2S. The molecule has 0 bridgehead atoms. The van der Waals surface area contributed by atoms with Crippen molar-refractivity contribution in [2.75, 3.05) is 5.32 Å². The van der Waals surface area contributed by atoms with Gasteiger partial charge in [0, 0.05) is 21.2 Å². The van der Waals surface area contributed by atoms with E-state index in [1.807, 2.05) is 30.5 Å². The second-order valence-electron chi connectivity index (χ2n) is 3.37. The fourth-order valence-electron chi connectivity index (χ4n) is 1.27. The standard InChI is InChI=1S/C11H10BrClN2S/c1-7-6-16-11(15-7)5-14-8-2-3-9(12)10(13)4-8/h2-4,6,14H,5H2,1H3. The van der Waals surface area contributed by atoms with Gasteiger partial charge in [0.15, 0.2) is 0 Å². The quantitative estimate of drug-likeness (QED) is 0.903. The molecule has 2 aromatic rings. The molecule has 0 spiro atoms. The summed E-state index contributed by atoms with van der Waals surface area (Å²) in [5.74, 6) is 0. The van der Waals surface area contributed by atoms with Gasteiger partial charge in [-0.1, -0.05) is 11.6 Å². The van der Waals surface area contributed by atoms with Crippen molar-refractivity contribution in [3.63, 3.8) is 0 Å². The molecule has 84 valence electrons. The molecule has 5 heteroatoms. The summed E-state index contributed by atoms with van der Waals surface area (Å²) < 4.78 is 0.907. The smallest absolute Gasteiger partial charge is 0.112 e. The van der Waals surface area contributed by atoms with E-state index in [2.05, 4.69) is 26.2 Å². The lowest BCUT2D eigenvalue weighted by Gasteiger charge is -2.05. The minimum absolute atomic E-state index is 0.709. The van der Waals surface area contributed by atoms with Crippen LogP contribution in [-0.2, 0) is 6.54 Å². The monoisotopic (exact) mass is 316 g/mol. The first-order chi connectivity index (χ1) is 7.65. The number of aromatic nitrogens is 1. The molecule has 0 radical (unpaired) electrons. The van der Waals surface area contributed by atoms with Gasteiger partial charge < -0.3 is 5.32 Å². The maximum atomic E-state index is 6.00. The van der Waals surface area contributed by atoms with Gasteiger partial charge in [0.1, 0.15) is 5.01 Å². The lowest BCUT2D eigenvalue weighted by atomic mass is 10.3. The van der Waals surface area contributed by atoms with Gasteiger partial charge in [-0.15, -0.1) is 11.3 Å². The summed E-state index contributed by atoms with van der Waals surface area (Å²) in [6.45, 7) is 2.73. The van der Waals surface area contributed by atoms with E-state index in [0.29, 0.717) is 5.02 Å². The third-order valence-corrected chi connectivity index (χ3v) is 4.23. The van der Waals surface area contributed by atoms with Crippen molar-refractivity contribution in [1.29, 1.82) is 0 Å². The van der Waals surface area contributed by atoms with Gasteiger partial charge in [0.2, 0.25) is 0 Å². The van der Waals surface area contributed by atoms with E-state index in [1.165, 1.54) is 0 Å². The van der Waals surface area contributed by atoms with Gasteiger partial charge in [0.05, 0.1) is 11.6 Å². The van der Waals surface area contributed by atoms with Crippen LogP contribution in [0.15, 0.2) is 28.1 Å². The summed E-state index contributed by atoms with van der Waals surface area (Å²) in [5, 5.41) is 7.12. The van der Waals surface area contributed by atoms with Gasteiger partial charge >= 0.3 is 0 Å². The van der Waals surface area contributed by atoms with E-state index < -0.39 is 0 Å². The van der Waals surface area contributed by atoms with E-state index in [0.717, 1.165) is 27.4 Å². The number of hydrogen-bond donors (Lipinski definition) is 1. The van der Waals surface area contributed by atoms with Gasteiger partial charge in [-0.25, -0.2) is 4.98 Å². The van der Waals surface area contributed by atoms with Crippen LogP contribution in [0.2, 0.25) is 5.02 Å². The summed E-state index contributed by atoms with van der Waals surface area (Å²) in [5.41, 5.74) is 2.07. The van der Waals surface area contributed by atoms with Gasteiger partial charge in [-0.2, -0.15) is 0 Å². The molecular weight excluding hydrogens is 308 g/mol. The molecule has 0 fully saturated rings. The third kappa shape index (κ3) is 2.97. The number of hydrogen-bond acceptors (Lipinski definition) is 3. The largest absolute Gasteiger partial charge is 0.378 e. The van der Waals surface area contributed by atoms with Gasteiger partial charge in [0.25, 0.3) is 0 Å². The Morgan fingerprint density at radius 1 is 1.50 bits per heavy atom. The Bertz CT molecular complexity index is 498. The molecule has 0 aliphatic carbocycles. The maximum Gasteiger partial charge on any atom is 0.112 e. The van der Waals surface area contributed by atoms with E-state index in [-0.39, 0.29) is 0 Å². The number of anilines is 1. The number of rotatable bonds is 3. The molecule has 1 heterocycles. The highest BCUT2D eigenvalue weighted by Gasteiger charge is 2.01. The van der Waals surface area contributed by atoms with Crippen molar-refractivity contribution >= 4 is 44.6 Å². The van der Waals surface area contributed by atoms with E-state index in [9.17, 15) is 0 Å². The molecule has 0 aliphatic heterocycles. The molecule has 0 aliphatic rings. The summed E-state index contributed by atoms with van der Waals surface area (Å²) >= 11 is 11.0. The number of nitrogens with one attached hydrogen (secondary N) is 1. The van der Waals surface area contributed by atoms with E-state index >= 15 is 0 Å². The Hall–Kier alpha value is -0.580. The minimum atomic E-state index is 0.709. The van der Waals surface area contributed by atoms with Crippen molar-refractivity contribution in [2.24, 2.45) is 0 Å². The number of nitrogens with zero attached hydrogens (tertiary/aromatic N) is 1. The number of aryl methyl sites for hydroxylation is 1. The zero-order valence-electron chi connectivity index (χ0n) is 8.63. The average molecular weight is 318 g/mol. The van der Waals surface area contributed by atoms with Crippen LogP contribution in [0.3, 0.4) is 0 Å². The Labute approximate surface area is 112 Å². The minimum Gasteiger partial charge on any atom is -0.378 e. The highest BCUT2D eigenvalue weighted by molar-refractivity contribution is 9.10. The van der Waals surface area contributed by atoms with Crippen LogP contribution in [-0.4, -0.2) is 4.98 Å². The lowest BCUT2D eigenvalue weighted by Crippen LogP contribution is -1.98. The van der Waals surface area contributed by atoms with Crippen LogP contribution >= 0.6 is 38.9 Å². The van der Waals surface area contributed by atoms with Crippen molar-refractivity contribution in [3.8, 4) is 0 Å². The van der Waals surface area contributed by atoms with Crippen molar-refractivity contribution < 1.29 is 0 Å². The molecule has 16 heavy (non-hydrogen) atoms. The second kappa shape index (κ2) is 5.17.